The fourth-order valence-electron chi connectivity index (χ4n) is 1.34. The van der Waals surface area contributed by atoms with Gasteiger partial charge >= 0.3 is 0 Å². The Morgan fingerprint density at radius 1 is 1.35 bits per heavy atom. The highest BCUT2D eigenvalue weighted by Crippen LogP contribution is 2.20. The molecule has 0 radical (unpaired) electrons. The Kier molecular flexibility index (Phi) is 5.15. The molecule has 17 heavy (non-hydrogen) atoms. The number of carbonyl (C=O) groups excluding carboxylic acids is 1. The van der Waals surface area contributed by atoms with E-state index in [0.717, 1.165) is 6.42 Å². The van der Waals surface area contributed by atoms with E-state index in [1.54, 1.807) is 11.8 Å². The predicted octanol–water partition coefficient (Wildman–Crippen LogP) is 1.97. The lowest BCUT2D eigenvalue weighted by atomic mass is 10.2. The van der Waals surface area contributed by atoms with E-state index in [1.807, 2.05) is 6.26 Å². The molecular formula is C12H17NO3S. The first-order valence-corrected chi connectivity index (χ1v) is 6.65. The first kappa shape index (κ1) is 13.7. The minimum absolute atomic E-state index is 0.118. The number of nitrogens with one attached hydrogen (secondary N) is 1. The van der Waals surface area contributed by atoms with Crippen LogP contribution in [0.5, 0.6) is 11.5 Å². The Bertz CT molecular complexity index is 375. The van der Waals surface area contributed by atoms with Crippen molar-refractivity contribution in [2.24, 2.45) is 0 Å². The molecule has 1 amide bonds. The Labute approximate surface area is 105 Å². The summed E-state index contributed by atoms with van der Waals surface area (Å²) in [6.45, 7) is 2.67. The first-order chi connectivity index (χ1) is 8.02. The van der Waals surface area contributed by atoms with Gasteiger partial charge in [-0.1, -0.05) is 6.92 Å². The zero-order valence-electron chi connectivity index (χ0n) is 9.93. The van der Waals surface area contributed by atoms with Gasteiger partial charge in [0.25, 0.3) is 5.91 Å². The van der Waals surface area contributed by atoms with Crippen LogP contribution in [-0.2, 0) is 0 Å². The van der Waals surface area contributed by atoms with Crippen LogP contribution in [0.2, 0.25) is 0 Å². The lowest BCUT2D eigenvalue weighted by Crippen LogP contribution is -2.25. The average Bonchev–Trinajstić information content (AvgIpc) is 2.27. The molecule has 5 heteroatoms. The van der Waals surface area contributed by atoms with Gasteiger partial charge in [-0.05, 0) is 24.8 Å². The maximum Gasteiger partial charge on any atom is 0.251 e. The van der Waals surface area contributed by atoms with Crippen LogP contribution in [0.15, 0.2) is 18.2 Å². The Balaban J connectivity index is 2.52. The predicted molar refractivity (Wildman–Crippen MR) is 69.7 cm³/mol. The normalized spacial score (nSPS) is 12.1. The van der Waals surface area contributed by atoms with Crippen molar-refractivity contribution in [2.45, 2.75) is 18.6 Å². The highest BCUT2D eigenvalue weighted by molar-refractivity contribution is 7.99. The number of hydrogen-bond acceptors (Lipinski definition) is 4. The van der Waals surface area contributed by atoms with Gasteiger partial charge in [0.05, 0.1) is 0 Å². The Morgan fingerprint density at radius 3 is 2.47 bits per heavy atom. The molecule has 1 aromatic rings. The second-order valence-electron chi connectivity index (χ2n) is 3.83. The summed E-state index contributed by atoms with van der Waals surface area (Å²) in [5, 5.41) is 21.7. The quantitative estimate of drug-likeness (QED) is 0.752. The summed E-state index contributed by atoms with van der Waals surface area (Å²) in [6, 6.07) is 3.84. The molecule has 0 aliphatic carbocycles. The topological polar surface area (TPSA) is 69.6 Å². The van der Waals surface area contributed by atoms with Crippen molar-refractivity contribution in [1.82, 2.24) is 5.32 Å². The molecule has 94 valence electrons. The van der Waals surface area contributed by atoms with Crippen molar-refractivity contribution < 1.29 is 15.0 Å². The molecule has 1 unspecified atom stereocenters. The number of amides is 1. The van der Waals surface area contributed by atoms with Crippen LogP contribution in [0.4, 0.5) is 0 Å². The molecule has 0 bridgehead atoms. The van der Waals surface area contributed by atoms with Gasteiger partial charge in [-0.25, -0.2) is 0 Å². The van der Waals surface area contributed by atoms with Crippen LogP contribution < -0.4 is 5.32 Å². The van der Waals surface area contributed by atoms with E-state index in [2.05, 4.69) is 12.2 Å². The van der Waals surface area contributed by atoms with E-state index < -0.39 is 0 Å². The van der Waals surface area contributed by atoms with Crippen molar-refractivity contribution in [2.75, 3.05) is 12.8 Å². The fraction of sp³-hybridized carbons (Fsp3) is 0.417. The van der Waals surface area contributed by atoms with E-state index in [-0.39, 0.29) is 23.0 Å². The zero-order valence-corrected chi connectivity index (χ0v) is 10.8. The first-order valence-electron chi connectivity index (χ1n) is 5.37. The van der Waals surface area contributed by atoms with Crippen LogP contribution in [0.1, 0.15) is 23.7 Å². The summed E-state index contributed by atoms with van der Waals surface area (Å²) in [4.78, 5) is 11.7. The van der Waals surface area contributed by atoms with Crippen LogP contribution in [0.3, 0.4) is 0 Å². The van der Waals surface area contributed by atoms with E-state index in [9.17, 15) is 15.0 Å². The van der Waals surface area contributed by atoms with Crippen molar-refractivity contribution in [3.63, 3.8) is 0 Å². The van der Waals surface area contributed by atoms with E-state index in [4.69, 9.17) is 0 Å². The average molecular weight is 255 g/mol. The maximum absolute atomic E-state index is 11.7. The van der Waals surface area contributed by atoms with Gasteiger partial charge in [0, 0.05) is 23.4 Å². The molecule has 0 spiro atoms. The summed E-state index contributed by atoms with van der Waals surface area (Å²) < 4.78 is 0. The van der Waals surface area contributed by atoms with Gasteiger partial charge in [-0.2, -0.15) is 11.8 Å². The Hall–Kier alpha value is -1.36. The number of carbonyl (C=O) groups is 1. The van der Waals surface area contributed by atoms with Crippen LogP contribution in [0.25, 0.3) is 0 Å². The summed E-state index contributed by atoms with van der Waals surface area (Å²) in [5.74, 6) is -0.523. The SMILES string of the molecule is CSC(C)CCNC(=O)c1cc(O)cc(O)c1. The maximum atomic E-state index is 11.7. The number of thioether (sulfide) groups is 1. The highest BCUT2D eigenvalue weighted by atomic mass is 32.2. The van der Waals surface area contributed by atoms with Crippen molar-refractivity contribution >= 4 is 17.7 Å². The van der Waals surface area contributed by atoms with E-state index >= 15 is 0 Å². The third-order valence-corrected chi connectivity index (χ3v) is 3.44. The number of hydrogen-bond donors (Lipinski definition) is 3. The van der Waals surface area contributed by atoms with Crippen LogP contribution in [-0.4, -0.2) is 34.2 Å². The van der Waals surface area contributed by atoms with Gasteiger partial charge < -0.3 is 15.5 Å². The molecule has 0 aromatic heterocycles. The van der Waals surface area contributed by atoms with Crippen LogP contribution in [0, 0.1) is 0 Å². The minimum atomic E-state index is -0.287. The number of phenols is 2. The molecule has 3 N–H and O–H groups in total. The smallest absolute Gasteiger partial charge is 0.251 e. The summed E-state index contributed by atoms with van der Waals surface area (Å²) in [5.41, 5.74) is 0.263. The zero-order chi connectivity index (χ0) is 12.8. The standard InChI is InChI=1S/C12H17NO3S/c1-8(17-2)3-4-13-12(16)9-5-10(14)7-11(15)6-9/h5-8,14-15H,3-4H2,1-2H3,(H,13,16). The summed E-state index contributed by atoms with van der Waals surface area (Å²) in [6.07, 6.45) is 2.91. The van der Waals surface area contributed by atoms with Gasteiger partial charge in [0.2, 0.25) is 0 Å². The molecule has 0 saturated carbocycles. The lowest BCUT2D eigenvalue weighted by molar-refractivity contribution is 0.0952. The number of benzene rings is 1. The largest absolute Gasteiger partial charge is 0.508 e. The van der Waals surface area contributed by atoms with Crippen molar-refractivity contribution in [1.29, 1.82) is 0 Å². The second-order valence-corrected chi connectivity index (χ2v) is 5.11. The molecule has 0 aliphatic heterocycles. The highest BCUT2D eigenvalue weighted by Gasteiger charge is 2.08. The minimum Gasteiger partial charge on any atom is -0.508 e. The molecule has 4 nitrogen and oxygen atoms in total. The monoisotopic (exact) mass is 255 g/mol. The van der Waals surface area contributed by atoms with Gasteiger partial charge in [-0.15, -0.1) is 0 Å². The van der Waals surface area contributed by atoms with Gasteiger partial charge in [-0.3, -0.25) is 4.79 Å². The lowest BCUT2D eigenvalue weighted by Gasteiger charge is -2.09. The third kappa shape index (κ3) is 4.56. The van der Waals surface area contributed by atoms with Crippen molar-refractivity contribution in [3.8, 4) is 11.5 Å². The Morgan fingerprint density at radius 2 is 1.94 bits per heavy atom. The molecule has 0 aliphatic rings. The fourth-order valence-corrected chi connectivity index (χ4v) is 1.69. The molecule has 0 fully saturated rings. The van der Waals surface area contributed by atoms with Crippen LogP contribution >= 0.6 is 11.8 Å². The summed E-state index contributed by atoms with van der Waals surface area (Å²) in [7, 11) is 0. The molecule has 1 atom stereocenters. The van der Waals surface area contributed by atoms with E-state index in [0.29, 0.717) is 11.8 Å². The van der Waals surface area contributed by atoms with E-state index in [1.165, 1.54) is 18.2 Å². The summed E-state index contributed by atoms with van der Waals surface area (Å²) >= 11 is 1.75. The number of aromatic hydroxyl groups is 2. The number of rotatable bonds is 5. The molecule has 0 saturated heterocycles. The molecule has 1 rings (SSSR count). The second kappa shape index (κ2) is 6.39. The molecule has 1 aromatic carbocycles. The van der Waals surface area contributed by atoms with Crippen molar-refractivity contribution in [3.05, 3.63) is 23.8 Å². The number of phenolic OH excluding ortho intramolecular Hbond substituents is 2. The van der Waals surface area contributed by atoms with Gasteiger partial charge in [0.1, 0.15) is 11.5 Å². The third-order valence-electron chi connectivity index (χ3n) is 2.40. The van der Waals surface area contributed by atoms with Gasteiger partial charge in [0.15, 0.2) is 0 Å². The molecule has 0 heterocycles. The molecular weight excluding hydrogens is 238 g/mol.